The number of fused-ring (bicyclic) bond motifs is 1. The lowest BCUT2D eigenvalue weighted by Crippen LogP contribution is -2.29. The van der Waals surface area contributed by atoms with Gasteiger partial charge in [-0.3, -0.25) is 9.89 Å². The summed E-state index contributed by atoms with van der Waals surface area (Å²) in [4.78, 5) is 17.0. The van der Waals surface area contributed by atoms with Crippen LogP contribution in [0.5, 0.6) is 0 Å². The maximum atomic E-state index is 12.7. The van der Waals surface area contributed by atoms with Crippen molar-refractivity contribution in [2.75, 3.05) is 6.54 Å². The van der Waals surface area contributed by atoms with Crippen molar-refractivity contribution in [2.24, 2.45) is 0 Å². The van der Waals surface area contributed by atoms with Crippen molar-refractivity contribution in [1.82, 2.24) is 20.5 Å². The number of aromatic amines is 1. The number of aromatic nitrogens is 3. The molecule has 0 aliphatic heterocycles. The first-order chi connectivity index (χ1) is 13.2. The highest BCUT2D eigenvalue weighted by Crippen LogP contribution is 2.24. The number of carbonyl (C=O) groups is 1. The number of H-pyrrole nitrogens is 1. The zero-order valence-electron chi connectivity index (χ0n) is 15.0. The quantitative estimate of drug-likeness (QED) is 0.571. The van der Waals surface area contributed by atoms with Crippen LogP contribution in [0.25, 0.3) is 11.0 Å². The number of aryl methyl sites for hydroxylation is 1. The zero-order valence-corrected chi connectivity index (χ0v) is 15.0. The van der Waals surface area contributed by atoms with Crippen molar-refractivity contribution in [3.05, 3.63) is 95.3 Å². The van der Waals surface area contributed by atoms with Gasteiger partial charge in [0.2, 0.25) is 0 Å². The molecular formula is C22H20N4O. The first kappa shape index (κ1) is 17.0. The van der Waals surface area contributed by atoms with Gasteiger partial charge in [0.25, 0.3) is 5.91 Å². The van der Waals surface area contributed by atoms with E-state index in [0.29, 0.717) is 17.8 Å². The van der Waals surface area contributed by atoms with Gasteiger partial charge in [-0.2, -0.15) is 5.10 Å². The van der Waals surface area contributed by atoms with E-state index in [1.807, 2.05) is 49.4 Å². The van der Waals surface area contributed by atoms with Gasteiger partial charge in [0.1, 0.15) is 0 Å². The van der Waals surface area contributed by atoms with E-state index in [9.17, 15) is 4.79 Å². The molecular weight excluding hydrogens is 336 g/mol. The van der Waals surface area contributed by atoms with Gasteiger partial charge in [0, 0.05) is 29.7 Å². The number of hydrogen-bond acceptors (Lipinski definition) is 3. The average Bonchev–Trinajstić information content (AvgIpc) is 3.10. The largest absolute Gasteiger partial charge is 0.351 e. The Morgan fingerprint density at radius 2 is 1.67 bits per heavy atom. The summed E-state index contributed by atoms with van der Waals surface area (Å²) >= 11 is 0. The van der Waals surface area contributed by atoms with Gasteiger partial charge in [-0.25, -0.2) is 4.98 Å². The van der Waals surface area contributed by atoms with E-state index in [1.54, 1.807) is 6.20 Å². The highest BCUT2D eigenvalue weighted by Gasteiger charge is 2.16. The summed E-state index contributed by atoms with van der Waals surface area (Å²) in [6.07, 6.45) is 1.57. The number of hydrogen-bond donors (Lipinski definition) is 2. The Bertz CT molecular complexity index is 1020. The van der Waals surface area contributed by atoms with E-state index in [-0.39, 0.29) is 11.8 Å². The number of pyridine rings is 1. The van der Waals surface area contributed by atoms with Crippen molar-refractivity contribution in [3.63, 3.8) is 0 Å². The lowest BCUT2D eigenvalue weighted by molar-refractivity contribution is 0.0952. The fourth-order valence-electron chi connectivity index (χ4n) is 3.24. The van der Waals surface area contributed by atoms with Gasteiger partial charge in [-0.05, 0) is 24.1 Å². The molecule has 0 fully saturated rings. The molecule has 4 rings (SSSR count). The Morgan fingerprint density at radius 1 is 1.04 bits per heavy atom. The summed E-state index contributed by atoms with van der Waals surface area (Å²) in [5, 5.41) is 10.9. The maximum absolute atomic E-state index is 12.7. The van der Waals surface area contributed by atoms with Crippen molar-refractivity contribution in [3.8, 4) is 0 Å². The summed E-state index contributed by atoms with van der Waals surface area (Å²) in [5.74, 6) is -0.0504. The SMILES string of the molecule is Cc1[nH]nc2ncc(C(=O)NCC(c3ccccc3)c3ccccc3)cc12. The number of carbonyl (C=O) groups excluding carboxylic acids is 1. The first-order valence-corrected chi connectivity index (χ1v) is 8.91. The van der Waals surface area contributed by atoms with E-state index >= 15 is 0 Å². The van der Waals surface area contributed by atoms with Crippen LogP contribution in [0.4, 0.5) is 0 Å². The molecule has 0 spiro atoms. The number of nitrogens with one attached hydrogen (secondary N) is 2. The number of benzene rings is 2. The Balaban J connectivity index is 1.56. The molecule has 0 radical (unpaired) electrons. The predicted molar refractivity (Wildman–Crippen MR) is 106 cm³/mol. The molecule has 0 unspecified atom stereocenters. The third-order valence-electron chi connectivity index (χ3n) is 4.73. The molecule has 0 saturated carbocycles. The van der Waals surface area contributed by atoms with Crippen LogP contribution in [0.15, 0.2) is 72.9 Å². The molecule has 5 heteroatoms. The van der Waals surface area contributed by atoms with Crippen LogP contribution < -0.4 is 5.32 Å². The van der Waals surface area contributed by atoms with Crippen LogP contribution in [0.1, 0.15) is 33.1 Å². The Kier molecular flexibility index (Phi) is 4.66. The Labute approximate surface area is 157 Å². The summed E-state index contributed by atoms with van der Waals surface area (Å²) in [6, 6.07) is 22.3. The molecule has 4 aromatic rings. The summed E-state index contributed by atoms with van der Waals surface area (Å²) in [6.45, 7) is 2.43. The van der Waals surface area contributed by atoms with Gasteiger partial charge in [0.05, 0.1) is 5.56 Å². The number of amides is 1. The van der Waals surface area contributed by atoms with Gasteiger partial charge in [0.15, 0.2) is 5.65 Å². The Hall–Kier alpha value is -3.47. The fraction of sp³-hybridized carbons (Fsp3) is 0.136. The minimum absolute atomic E-state index is 0.0868. The van der Waals surface area contributed by atoms with Crippen molar-refractivity contribution < 1.29 is 4.79 Å². The second-order valence-electron chi connectivity index (χ2n) is 6.53. The molecule has 5 nitrogen and oxygen atoms in total. The summed E-state index contributed by atoms with van der Waals surface area (Å²) < 4.78 is 0. The molecule has 1 amide bonds. The predicted octanol–water partition coefficient (Wildman–Crippen LogP) is 3.83. The van der Waals surface area contributed by atoms with E-state index < -0.39 is 0 Å². The van der Waals surface area contributed by atoms with E-state index in [1.165, 1.54) is 11.1 Å². The van der Waals surface area contributed by atoms with Crippen molar-refractivity contribution in [2.45, 2.75) is 12.8 Å². The Morgan fingerprint density at radius 3 is 2.30 bits per heavy atom. The van der Waals surface area contributed by atoms with Gasteiger partial charge >= 0.3 is 0 Å². The lowest BCUT2D eigenvalue weighted by Gasteiger charge is -2.19. The molecule has 0 aliphatic carbocycles. The molecule has 2 aromatic heterocycles. The molecule has 2 aromatic carbocycles. The number of nitrogens with zero attached hydrogens (tertiary/aromatic N) is 2. The first-order valence-electron chi connectivity index (χ1n) is 8.91. The van der Waals surface area contributed by atoms with Crippen LogP contribution in [0, 0.1) is 6.92 Å². The molecule has 0 bridgehead atoms. The van der Waals surface area contributed by atoms with Gasteiger partial charge in [-0.15, -0.1) is 0 Å². The minimum atomic E-state index is -0.137. The summed E-state index contributed by atoms with van der Waals surface area (Å²) in [7, 11) is 0. The zero-order chi connectivity index (χ0) is 18.6. The lowest BCUT2D eigenvalue weighted by atomic mass is 9.91. The molecule has 0 atom stereocenters. The third-order valence-corrected chi connectivity index (χ3v) is 4.73. The third kappa shape index (κ3) is 3.58. The van der Waals surface area contributed by atoms with Gasteiger partial charge in [-0.1, -0.05) is 60.7 Å². The molecule has 2 heterocycles. The highest BCUT2D eigenvalue weighted by atomic mass is 16.1. The molecule has 0 aliphatic rings. The van der Waals surface area contributed by atoms with Crippen LogP contribution in [-0.2, 0) is 0 Å². The van der Waals surface area contributed by atoms with Crippen LogP contribution >= 0.6 is 0 Å². The monoisotopic (exact) mass is 356 g/mol. The topological polar surface area (TPSA) is 70.7 Å². The fourth-order valence-corrected chi connectivity index (χ4v) is 3.24. The van der Waals surface area contributed by atoms with E-state index in [0.717, 1.165) is 11.1 Å². The normalized spacial score (nSPS) is 11.0. The van der Waals surface area contributed by atoms with Crippen LogP contribution in [0.3, 0.4) is 0 Å². The van der Waals surface area contributed by atoms with Crippen LogP contribution in [0.2, 0.25) is 0 Å². The van der Waals surface area contributed by atoms with E-state index in [2.05, 4.69) is 44.8 Å². The van der Waals surface area contributed by atoms with Gasteiger partial charge < -0.3 is 5.32 Å². The molecule has 134 valence electrons. The second-order valence-corrected chi connectivity index (χ2v) is 6.53. The minimum Gasteiger partial charge on any atom is -0.351 e. The van der Waals surface area contributed by atoms with Crippen molar-refractivity contribution >= 4 is 16.9 Å². The second kappa shape index (κ2) is 7.41. The summed E-state index contributed by atoms with van der Waals surface area (Å²) in [5.41, 5.74) is 4.40. The van der Waals surface area contributed by atoms with Crippen molar-refractivity contribution in [1.29, 1.82) is 0 Å². The molecule has 0 saturated heterocycles. The highest BCUT2D eigenvalue weighted by molar-refractivity contribution is 5.97. The molecule has 2 N–H and O–H groups in total. The standard InChI is InChI=1S/C22H20N4O/c1-15-19-12-18(13-23-21(19)26-25-15)22(27)24-14-20(16-8-4-2-5-9-16)17-10-6-3-7-11-17/h2-13,20H,14H2,1H3,(H,24,27)(H,23,25,26). The van der Waals surface area contributed by atoms with Crippen LogP contribution in [-0.4, -0.2) is 27.6 Å². The average molecular weight is 356 g/mol. The number of rotatable bonds is 5. The smallest absolute Gasteiger partial charge is 0.252 e. The maximum Gasteiger partial charge on any atom is 0.252 e. The van der Waals surface area contributed by atoms with E-state index in [4.69, 9.17) is 0 Å². The molecule has 27 heavy (non-hydrogen) atoms.